The fourth-order valence-corrected chi connectivity index (χ4v) is 1.79. The van der Waals surface area contributed by atoms with Crippen molar-refractivity contribution >= 4 is 59.6 Å². The van der Waals surface area contributed by atoms with Crippen LogP contribution in [0.5, 0.6) is 0 Å². The second-order valence-corrected chi connectivity index (χ2v) is 4.55. The Bertz CT molecular complexity index is 160. The Morgan fingerprint density at radius 2 is 1.29 bits per heavy atom. The van der Waals surface area contributed by atoms with Crippen LogP contribution in [0.2, 0.25) is 0 Å². The second-order valence-electron chi connectivity index (χ2n) is 3.59. The largest absolute Gasteiger partial charge is 0.697 e. The Morgan fingerprint density at radius 3 is 1.65 bits per heavy atom. The normalized spacial score (nSPS) is 15.3. The van der Waals surface area contributed by atoms with E-state index in [9.17, 15) is 4.57 Å². The van der Waals surface area contributed by atoms with Crippen molar-refractivity contribution in [2.24, 2.45) is 11.5 Å². The Kier molecular flexibility index (Phi) is 21.6. The molecule has 5 nitrogen and oxygen atoms in total. The van der Waals surface area contributed by atoms with E-state index in [1.165, 1.54) is 12.8 Å². The Hall–Kier alpha value is 1.58. The van der Waals surface area contributed by atoms with E-state index < -0.39 is 8.25 Å². The molecule has 0 bridgehead atoms. The van der Waals surface area contributed by atoms with E-state index in [0.29, 0.717) is 13.2 Å². The third kappa shape index (κ3) is 17.6. The predicted molar refractivity (Wildman–Crippen MR) is 71.1 cm³/mol. The Morgan fingerprint density at radius 1 is 0.882 bits per heavy atom. The molecule has 0 aliphatic carbocycles. The van der Waals surface area contributed by atoms with E-state index in [0.717, 1.165) is 38.8 Å². The van der Waals surface area contributed by atoms with Crippen LogP contribution in [0.3, 0.4) is 0 Å². The molecule has 1 fully saturated rings. The molecule has 97 valence electrons. The van der Waals surface area contributed by atoms with Gasteiger partial charge in [0.05, 0.1) is 0 Å². The van der Waals surface area contributed by atoms with Crippen molar-refractivity contribution in [3.8, 4) is 0 Å². The first-order valence-electron chi connectivity index (χ1n) is 5.94. The van der Waals surface area contributed by atoms with Crippen LogP contribution in [-0.4, -0.2) is 77.7 Å². The molecule has 0 spiro atoms. The van der Waals surface area contributed by atoms with Crippen molar-refractivity contribution < 1.29 is 13.6 Å². The molecule has 17 heavy (non-hydrogen) atoms. The summed E-state index contributed by atoms with van der Waals surface area (Å²) in [7, 11) is -1.77. The van der Waals surface area contributed by atoms with E-state index in [4.69, 9.17) is 11.5 Å². The molecule has 4 N–H and O–H groups in total. The average molecular weight is 290 g/mol. The molecule has 0 atom stereocenters. The van der Waals surface area contributed by atoms with Crippen LogP contribution in [0, 0.1) is 0 Å². The molecule has 1 aliphatic rings. The number of unbranched alkanes of at least 4 members (excludes halogenated alkanes) is 3. The van der Waals surface area contributed by atoms with Crippen molar-refractivity contribution in [2.45, 2.75) is 38.5 Å². The summed E-state index contributed by atoms with van der Waals surface area (Å²) in [4.78, 5) is 0. The molecular formula is C10H24KN2O3P+. The van der Waals surface area contributed by atoms with Gasteiger partial charge in [0.1, 0.15) is 13.2 Å². The first-order valence-corrected chi connectivity index (χ1v) is 7.04. The summed E-state index contributed by atoms with van der Waals surface area (Å²) >= 11 is 0. The van der Waals surface area contributed by atoms with Crippen LogP contribution in [-0.2, 0) is 13.6 Å². The van der Waals surface area contributed by atoms with E-state index in [2.05, 4.69) is 9.05 Å². The van der Waals surface area contributed by atoms with Crippen LogP contribution >= 0.6 is 8.25 Å². The van der Waals surface area contributed by atoms with E-state index in [1.807, 2.05) is 0 Å². The molecular weight excluding hydrogens is 266 g/mol. The van der Waals surface area contributed by atoms with E-state index in [1.54, 1.807) is 0 Å². The molecule has 7 heteroatoms. The fourth-order valence-electron chi connectivity index (χ4n) is 1.16. The van der Waals surface area contributed by atoms with Crippen molar-refractivity contribution in [1.29, 1.82) is 0 Å². The summed E-state index contributed by atoms with van der Waals surface area (Å²) in [6.07, 6.45) is 6.71. The van der Waals surface area contributed by atoms with Crippen molar-refractivity contribution in [2.75, 3.05) is 26.3 Å². The summed E-state index contributed by atoms with van der Waals surface area (Å²) in [6, 6.07) is 0. The molecule has 0 amide bonds. The summed E-state index contributed by atoms with van der Waals surface area (Å²) in [5.41, 5.74) is 10.6. The van der Waals surface area contributed by atoms with Gasteiger partial charge < -0.3 is 11.5 Å². The minimum Gasteiger partial charge on any atom is -0.330 e. The van der Waals surface area contributed by atoms with Gasteiger partial charge in [0, 0.05) is 55.9 Å². The van der Waals surface area contributed by atoms with Gasteiger partial charge in [-0.2, -0.15) is 0 Å². The maximum absolute atomic E-state index is 10.4. The molecule has 0 saturated carbocycles. The molecule has 1 heterocycles. The SMILES string of the molecule is NCCCCCCN.O=[P+]1OCCCCO1.[K]. The molecule has 0 aromatic carbocycles. The van der Waals surface area contributed by atoms with Crippen LogP contribution in [0.15, 0.2) is 0 Å². The predicted octanol–water partition coefficient (Wildman–Crippen LogP) is 1.55. The summed E-state index contributed by atoms with van der Waals surface area (Å²) in [5.74, 6) is 0. The van der Waals surface area contributed by atoms with Gasteiger partial charge in [0.2, 0.25) is 0 Å². The zero-order valence-electron chi connectivity index (χ0n) is 10.9. The van der Waals surface area contributed by atoms with Crippen molar-refractivity contribution in [1.82, 2.24) is 0 Å². The van der Waals surface area contributed by atoms with Crippen LogP contribution < -0.4 is 11.5 Å². The standard InChI is InChI=1S/C6H16N2.C4H8O3P.K/c7-5-3-1-2-4-6-8;5-8-6-3-1-2-4-7-8;/h1-8H2;1-4H2;/q;+1;. The third-order valence-corrected chi connectivity index (χ3v) is 2.88. The van der Waals surface area contributed by atoms with Gasteiger partial charge in [0.25, 0.3) is 0 Å². The summed E-state index contributed by atoms with van der Waals surface area (Å²) < 4.78 is 19.8. The van der Waals surface area contributed by atoms with E-state index >= 15 is 0 Å². The zero-order chi connectivity index (χ0) is 12.1. The monoisotopic (exact) mass is 290 g/mol. The Labute approximate surface area is 148 Å². The molecule has 1 rings (SSSR count). The summed E-state index contributed by atoms with van der Waals surface area (Å²) in [5, 5.41) is 0. The van der Waals surface area contributed by atoms with Gasteiger partial charge in [-0.1, -0.05) is 12.8 Å². The van der Waals surface area contributed by atoms with E-state index in [-0.39, 0.29) is 51.4 Å². The van der Waals surface area contributed by atoms with Crippen molar-refractivity contribution in [3.63, 3.8) is 0 Å². The fraction of sp³-hybridized carbons (Fsp3) is 1.00. The third-order valence-electron chi connectivity index (χ3n) is 2.09. The molecule has 1 saturated heterocycles. The maximum atomic E-state index is 10.4. The van der Waals surface area contributed by atoms with Gasteiger partial charge in [-0.25, -0.2) is 0 Å². The van der Waals surface area contributed by atoms with Crippen LogP contribution in [0.25, 0.3) is 0 Å². The van der Waals surface area contributed by atoms with Crippen LogP contribution in [0.4, 0.5) is 0 Å². The average Bonchev–Trinajstić information content (AvgIpc) is 2.53. The molecule has 1 aliphatic heterocycles. The molecule has 0 aromatic rings. The number of rotatable bonds is 5. The van der Waals surface area contributed by atoms with Crippen molar-refractivity contribution in [3.05, 3.63) is 0 Å². The molecule has 0 aromatic heterocycles. The van der Waals surface area contributed by atoms with Gasteiger partial charge >= 0.3 is 8.25 Å². The minimum absolute atomic E-state index is 0. The quantitative estimate of drug-likeness (QED) is 0.456. The maximum Gasteiger partial charge on any atom is 0.697 e. The first kappa shape index (κ1) is 20.9. The number of nitrogens with two attached hydrogens (primary N) is 2. The minimum atomic E-state index is -1.77. The zero-order valence-corrected chi connectivity index (χ0v) is 14.9. The first-order chi connectivity index (χ1) is 7.81. The van der Waals surface area contributed by atoms with Gasteiger partial charge in [-0.05, 0) is 38.8 Å². The summed E-state index contributed by atoms with van der Waals surface area (Å²) in [6.45, 7) is 2.81. The molecule has 0 unspecified atom stereocenters. The molecule has 1 radical (unpaired) electrons. The number of hydrogen-bond donors (Lipinski definition) is 2. The van der Waals surface area contributed by atoms with Crippen LogP contribution in [0.1, 0.15) is 38.5 Å². The smallest absolute Gasteiger partial charge is 0.330 e. The second kappa shape index (κ2) is 17.6. The Balaban J connectivity index is 0. The van der Waals surface area contributed by atoms with Gasteiger partial charge in [-0.15, -0.1) is 9.05 Å². The topological polar surface area (TPSA) is 87.6 Å². The number of hydrogen-bond acceptors (Lipinski definition) is 5. The van der Waals surface area contributed by atoms with Gasteiger partial charge in [0.15, 0.2) is 0 Å². The van der Waals surface area contributed by atoms with Gasteiger partial charge in [-0.3, -0.25) is 0 Å².